The number of aryl methyl sites for hydroxylation is 1. The van der Waals surface area contributed by atoms with Crippen LogP contribution in [0.5, 0.6) is 0 Å². The van der Waals surface area contributed by atoms with Gasteiger partial charge in [-0.05, 0) is 56.5 Å². The van der Waals surface area contributed by atoms with Crippen LogP contribution in [-0.4, -0.2) is 22.9 Å². The van der Waals surface area contributed by atoms with Gasteiger partial charge in [0, 0.05) is 28.9 Å². The summed E-state index contributed by atoms with van der Waals surface area (Å²) in [6.45, 7) is 3.79. The molecule has 2 heterocycles. The summed E-state index contributed by atoms with van der Waals surface area (Å²) in [4.78, 5) is 24.2. The molecule has 0 bridgehead atoms. The maximum Gasteiger partial charge on any atom is 0.331 e. The lowest BCUT2D eigenvalue weighted by Crippen LogP contribution is -2.11. The van der Waals surface area contributed by atoms with Gasteiger partial charge in [-0.3, -0.25) is 4.79 Å². The van der Waals surface area contributed by atoms with Crippen LogP contribution >= 0.6 is 0 Å². The molecule has 138 valence electrons. The Hall–Kier alpha value is -3.08. The topological polar surface area (TPSA) is 61.4 Å². The molecule has 0 unspecified atom stereocenters. The monoisotopic (exact) mass is 363 g/mol. The van der Waals surface area contributed by atoms with Crippen LogP contribution in [0.2, 0.25) is 0 Å². The zero-order valence-electron chi connectivity index (χ0n) is 15.4. The Morgan fingerprint density at radius 2 is 2.00 bits per heavy atom. The molecule has 3 aromatic rings. The first-order chi connectivity index (χ1) is 13.0. The van der Waals surface area contributed by atoms with Crippen molar-refractivity contribution in [1.29, 1.82) is 0 Å². The fourth-order valence-electron chi connectivity index (χ4n) is 3.40. The molecular weight excluding hydrogens is 342 g/mol. The number of ketones is 1. The second-order valence-corrected chi connectivity index (χ2v) is 6.94. The van der Waals surface area contributed by atoms with E-state index in [1.165, 1.54) is 24.6 Å². The number of para-hydroxylation sites is 1. The first-order valence-corrected chi connectivity index (χ1v) is 9.08. The molecule has 1 saturated carbocycles. The number of nitrogens with zero attached hydrogens (tertiary/aromatic N) is 1. The van der Waals surface area contributed by atoms with E-state index in [4.69, 9.17) is 9.15 Å². The number of benzene rings is 1. The SMILES string of the molecule is Cc1cc(/C=C/C(=O)OCC(=O)c2cc3ccccc3o2)c(C)n1C1CC1. The van der Waals surface area contributed by atoms with Gasteiger partial charge < -0.3 is 13.7 Å². The number of Topliss-reactive ketones (excluding diaryl/α,β-unsaturated/α-hetero) is 1. The Kier molecular flexibility index (Phi) is 4.44. The lowest BCUT2D eigenvalue weighted by molar-refractivity contribution is -0.136. The first-order valence-electron chi connectivity index (χ1n) is 9.08. The van der Waals surface area contributed by atoms with Gasteiger partial charge in [0.1, 0.15) is 5.58 Å². The van der Waals surface area contributed by atoms with E-state index in [9.17, 15) is 9.59 Å². The second kappa shape index (κ2) is 6.91. The average molecular weight is 363 g/mol. The molecule has 2 aromatic heterocycles. The number of rotatable bonds is 6. The molecule has 27 heavy (non-hydrogen) atoms. The van der Waals surface area contributed by atoms with E-state index in [0.717, 1.165) is 16.6 Å². The fraction of sp³-hybridized carbons (Fsp3) is 0.273. The Bertz CT molecular complexity index is 1020. The van der Waals surface area contributed by atoms with Gasteiger partial charge in [0.15, 0.2) is 12.4 Å². The molecule has 1 fully saturated rings. The highest BCUT2D eigenvalue weighted by atomic mass is 16.5. The molecule has 4 rings (SSSR count). The standard InChI is InChI=1S/C22H21NO4/c1-14-11-16(15(2)23(14)18-8-9-18)7-10-22(25)26-13-19(24)21-12-17-5-3-4-6-20(17)27-21/h3-7,10-12,18H,8-9,13H2,1-2H3/b10-7+. The van der Waals surface area contributed by atoms with Crippen LogP contribution in [0.1, 0.15) is 46.4 Å². The predicted molar refractivity (Wildman–Crippen MR) is 103 cm³/mol. The summed E-state index contributed by atoms with van der Waals surface area (Å²) >= 11 is 0. The second-order valence-electron chi connectivity index (χ2n) is 6.94. The van der Waals surface area contributed by atoms with Gasteiger partial charge in [0.2, 0.25) is 5.78 Å². The van der Waals surface area contributed by atoms with Crippen molar-refractivity contribution in [2.24, 2.45) is 0 Å². The lowest BCUT2D eigenvalue weighted by atomic mass is 10.2. The van der Waals surface area contributed by atoms with Gasteiger partial charge in [-0.25, -0.2) is 4.79 Å². The number of carbonyl (C=O) groups excluding carboxylic acids is 2. The van der Waals surface area contributed by atoms with Crippen LogP contribution in [0, 0.1) is 13.8 Å². The molecule has 0 saturated heterocycles. The van der Waals surface area contributed by atoms with E-state index in [0.29, 0.717) is 11.6 Å². The Morgan fingerprint density at radius 1 is 1.22 bits per heavy atom. The van der Waals surface area contributed by atoms with Crippen LogP contribution in [0.3, 0.4) is 0 Å². The Morgan fingerprint density at radius 3 is 2.74 bits per heavy atom. The van der Waals surface area contributed by atoms with Crippen molar-refractivity contribution >= 4 is 28.8 Å². The number of hydrogen-bond acceptors (Lipinski definition) is 4. The number of hydrogen-bond donors (Lipinski definition) is 0. The van der Waals surface area contributed by atoms with Gasteiger partial charge in [-0.2, -0.15) is 0 Å². The van der Waals surface area contributed by atoms with E-state index >= 15 is 0 Å². The summed E-state index contributed by atoms with van der Waals surface area (Å²) in [5.74, 6) is -0.712. The van der Waals surface area contributed by atoms with E-state index in [1.807, 2.05) is 18.2 Å². The Labute approximate surface area is 157 Å². The number of ether oxygens (including phenoxy) is 1. The maximum atomic E-state index is 12.2. The normalized spacial score (nSPS) is 14.1. The van der Waals surface area contributed by atoms with E-state index < -0.39 is 5.97 Å². The number of esters is 1. The smallest absolute Gasteiger partial charge is 0.331 e. The summed E-state index contributed by atoms with van der Waals surface area (Å²) in [5.41, 5.74) is 3.98. The first kappa shape index (κ1) is 17.3. The summed E-state index contributed by atoms with van der Waals surface area (Å²) in [6, 6.07) is 11.7. The summed E-state index contributed by atoms with van der Waals surface area (Å²) < 4.78 is 12.9. The van der Waals surface area contributed by atoms with Crippen molar-refractivity contribution < 1.29 is 18.7 Å². The van der Waals surface area contributed by atoms with Crippen LogP contribution < -0.4 is 0 Å². The molecule has 1 aliphatic carbocycles. The molecule has 1 aliphatic rings. The van der Waals surface area contributed by atoms with Crippen molar-refractivity contribution in [3.8, 4) is 0 Å². The zero-order valence-corrected chi connectivity index (χ0v) is 15.4. The molecule has 1 aromatic carbocycles. The van der Waals surface area contributed by atoms with E-state index in [1.54, 1.807) is 18.2 Å². The van der Waals surface area contributed by atoms with Gasteiger partial charge >= 0.3 is 5.97 Å². The third kappa shape index (κ3) is 3.58. The van der Waals surface area contributed by atoms with Crippen LogP contribution in [0.25, 0.3) is 17.0 Å². The van der Waals surface area contributed by atoms with Gasteiger partial charge in [0.05, 0.1) is 0 Å². The third-order valence-corrected chi connectivity index (χ3v) is 4.88. The summed E-state index contributed by atoms with van der Waals surface area (Å²) in [6.07, 6.45) is 5.54. The van der Waals surface area contributed by atoms with Crippen LogP contribution in [0.15, 0.2) is 46.9 Å². The largest absolute Gasteiger partial charge is 0.454 e. The van der Waals surface area contributed by atoms with E-state index in [2.05, 4.69) is 24.5 Å². The quantitative estimate of drug-likeness (QED) is 0.364. The number of furan rings is 1. The minimum atomic E-state index is -0.546. The molecule has 0 aliphatic heterocycles. The van der Waals surface area contributed by atoms with Crippen molar-refractivity contribution in [3.05, 3.63) is 65.2 Å². The molecule has 5 nitrogen and oxygen atoms in total. The molecule has 0 amide bonds. The maximum absolute atomic E-state index is 12.2. The minimum Gasteiger partial charge on any atom is -0.454 e. The van der Waals surface area contributed by atoms with Crippen molar-refractivity contribution in [3.63, 3.8) is 0 Å². The minimum absolute atomic E-state index is 0.195. The van der Waals surface area contributed by atoms with Crippen molar-refractivity contribution in [2.45, 2.75) is 32.7 Å². The van der Waals surface area contributed by atoms with Gasteiger partial charge in [0.25, 0.3) is 0 Å². The van der Waals surface area contributed by atoms with Gasteiger partial charge in [-0.15, -0.1) is 0 Å². The molecule has 0 radical (unpaired) electrons. The molecule has 0 N–H and O–H groups in total. The highest BCUT2D eigenvalue weighted by molar-refractivity contribution is 5.99. The summed E-state index contributed by atoms with van der Waals surface area (Å²) in [7, 11) is 0. The third-order valence-electron chi connectivity index (χ3n) is 4.88. The highest BCUT2D eigenvalue weighted by Crippen LogP contribution is 2.38. The lowest BCUT2D eigenvalue weighted by Gasteiger charge is -2.06. The predicted octanol–water partition coefficient (Wildman–Crippen LogP) is 4.63. The number of fused-ring (bicyclic) bond motifs is 1. The molecule has 5 heteroatoms. The van der Waals surface area contributed by atoms with Gasteiger partial charge in [-0.1, -0.05) is 18.2 Å². The summed E-state index contributed by atoms with van der Waals surface area (Å²) in [5, 5.41) is 0.845. The molecule has 0 spiro atoms. The fourth-order valence-corrected chi connectivity index (χ4v) is 3.40. The number of aromatic nitrogens is 1. The average Bonchev–Trinajstić information content (AvgIpc) is 3.31. The zero-order chi connectivity index (χ0) is 19.0. The van der Waals surface area contributed by atoms with Crippen LogP contribution in [-0.2, 0) is 9.53 Å². The van der Waals surface area contributed by atoms with Crippen molar-refractivity contribution in [2.75, 3.05) is 6.61 Å². The van der Waals surface area contributed by atoms with Crippen LogP contribution in [0.4, 0.5) is 0 Å². The number of carbonyl (C=O) groups is 2. The Balaban J connectivity index is 1.37. The highest BCUT2D eigenvalue weighted by Gasteiger charge is 2.26. The van der Waals surface area contributed by atoms with Crippen molar-refractivity contribution in [1.82, 2.24) is 4.57 Å². The molecular formula is C22H21NO4. The van der Waals surface area contributed by atoms with E-state index in [-0.39, 0.29) is 18.2 Å². The molecule has 0 atom stereocenters.